The number of nitrogens with zero attached hydrogens (tertiary/aromatic N) is 1. The number of hydrogen-bond acceptors (Lipinski definition) is 4. The van der Waals surface area contributed by atoms with Gasteiger partial charge in [-0.05, 0) is 37.1 Å². The molecule has 0 saturated carbocycles. The van der Waals surface area contributed by atoms with Crippen molar-refractivity contribution >= 4 is 15.7 Å². The lowest BCUT2D eigenvalue weighted by atomic mass is 10.1. The molecule has 3 rings (SSSR count). The fourth-order valence-electron chi connectivity index (χ4n) is 3.82. The fraction of sp³-hybridized carbons (Fsp3) is 0.611. The molecule has 25 heavy (non-hydrogen) atoms. The zero-order chi connectivity index (χ0) is 18.0. The van der Waals surface area contributed by atoms with Crippen molar-refractivity contribution in [1.29, 1.82) is 0 Å². The largest absolute Gasteiger partial charge is 0.484 e. The molecule has 0 radical (unpaired) electrons. The average Bonchev–Trinajstić information content (AvgIpc) is 2.92. The number of aryl methyl sites for hydroxylation is 2. The molecule has 0 aromatic heterocycles. The summed E-state index contributed by atoms with van der Waals surface area (Å²) in [4.78, 5) is 15.5. The summed E-state index contributed by atoms with van der Waals surface area (Å²) in [6.45, 7) is 7.03. The molecule has 2 heterocycles. The van der Waals surface area contributed by atoms with Gasteiger partial charge in [0.1, 0.15) is 17.5 Å². The molecule has 138 valence electrons. The highest BCUT2D eigenvalue weighted by molar-refractivity contribution is 7.91. The van der Waals surface area contributed by atoms with E-state index in [-0.39, 0.29) is 18.6 Å². The van der Waals surface area contributed by atoms with Gasteiger partial charge in [0.15, 0.2) is 16.4 Å². The third kappa shape index (κ3) is 4.73. The Morgan fingerprint density at radius 3 is 2.40 bits per heavy atom. The first kappa shape index (κ1) is 18.2. The molecule has 2 saturated heterocycles. The Labute approximate surface area is 149 Å². The first-order valence-electron chi connectivity index (χ1n) is 8.86. The van der Waals surface area contributed by atoms with Crippen molar-refractivity contribution in [3.8, 4) is 5.75 Å². The van der Waals surface area contributed by atoms with Crippen LogP contribution in [0.5, 0.6) is 5.75 Å². The van der Waals surface area contributed by atoms with Crippen molar-refractivity contribution < 1.29 is 22.8 Å². The number of ether oxygens (including phenoxy) is 1. The summed E-state index contributed by atoms with van der Waals surface area (Å²) in [5.41, 5.74) is 2.23. The molecular weight excluding hydrogens is 340 g/mol. The number of benzene rings is 1. The lowest BCUT2D eigenvalue weighted by molar-refractivity contribution is -0.925. The SMILES string of the molecule is Cc1cc(C)cc(OCC(=O)N2CC[NH+]([C@@H]3CCS(=O)(=O)C3)CC2)c1. The summed E-state index contributed by atoms with van der Waals surface area (Å²) in [6, 6.07) is 6.14. The van der Waals surface area contributed by atoms with Crippen LogP contribution in [0.15, 0.2) is 18.2 Å². The summed E-state index contributed by atoms with van der Waals surface area (Å²) < 4.78 is 28.9. The average molecular weight is 367 g/mol. The number of carbonyl (C=O) groups excluding carboxylic acids is 1. The number of nitrogens with one attached hydrogen (secondary N) is 1. The number of carbonyl (C=O) groups is 1. The number of sulfone groups is 1. The summed E-state index contributed by atoms with van der Waals surface area (Å²) in [5.74, 6) is 1.34. The van der Waals surface area contributed by atoms with Gasteiger partial charge in [-0.1, -0.05) is 6.07 Å². The van der Waals surface area contributed by atoms with E-state index >= 15 is 0 Å². The van der Waals surface area contributed by atoms with E-state index < -0.39 is 9.84 Å². The monoisotopic (exact) mass is 367 g/mol. The molecule has 1 aromatic rings. The molecule has 6 nitrogen and oxygen atoms in total. The smallest absolute Gasteiger partial charge is 0.260 e. The van der Waals surface area contributed by atoms with Crippen LogP contribution < -0.4 is 9.64 Å². The minimum atomic E-state index is -2.84. The van der Waals surface area contributed by atoms with Gasteiger partial charge >= 0.3 is 0 Å². The third-order valence-corrected chi connectivity index (χ3v) is 6.89. The third-order valence-electron chi connectivity index (χ3n) is 5.13. The van der Waals surface area contributed by atoms with Gasteiger partial charge in [0, 0.05) is 6.42 Å². The fourth-order valence-corrected chi connectivity index (χ4v) is 5.65. The maximum absolute atomic E-state index is 12.4. The Kier molecular flexibility index (Phi) is 5.34. The standard InChI is InChI=1S/C18H26N2O4S/c1-14-9-15(2)11-17(10-14)24-12-18(21)20-6-4-19(5-7-20)16-3-8-25(22,23)13-16/h9-11,16H,3-8,12-13H2,1-2H3/p+1/t16-/m1/s1. The van der Waals surface area contributed by atoms with E-state index in [0.717, 1.165) is 36.4 Å². The Morgan fingerprint density at radius 2 is 1.84 bits per heavy atom. The molecule has 2 aliphatic rings. The van der Waals surface area contributed by atoms with Gasteiger partial charge in [0.2, 0.25) is 0 Å². The molecule has 1 atom stereocenters. The van der Waals surface area contributed by atoms with Crippen molar-refractivity contribution in [3.05, 3.63) is 29.3 Å². The van der Waals surface area contributed by atoms with Gasteiger partial charge in [-0.15, -0.1) is 0 Å². The number of rotatable bonds is 4. The van der Waals surface area contributed by atoms with Crippen molar-refractivity contribution in [1.82, 2.24) is 4.90 Å². The number of quaternary nitrogens is 1. The highest BCUT2D eigenvalue weighted by Gasteiger charge is 2.37. The molecule has 2 aliphatic heterocycles. The molecule has 0 spiro atoms. The van der Waals surface area contributed by atoms with E-state index in [9.17, 15) is 13.2 Å². The Hall–Kier alpha value is -1.60. The van der Waals surface area contributed by atoms with E-state index in [1.165, 1.54) is 4.90 Å². The normalized spacial score (nSPS) is 23.6. The van der Waals surface area contributed by atoms with E-state index in [4.69, 9.17) is 4.74 Å². The van der Waals surface area contributed by atoms with Crippen molar-refractivity contribution in [3.63, 3.8) is 0 Å². The molecule has 2 fully saturated rings. The van der Waals surface area contributed by atoms with E-state index in [2.05, 4.69) is 6.07 Å². The quantitative estimate of drug-likeness (QED) is 0.786. The molecular formula is C18H27N2O4S+. The van der Waals surface area contributed by atoms with Crippen molar-refractivity contribution in [2.45, 2.75) is 26.3 Å². The van der Waals surface area contributed by atoms with Crippen LogP contribution in [-0.4, -0.2) is 69.6 Å². The summed E-state index contributed by atoms with van der Waals surface area (Å²) in [6.07, 6.45) is 0.751. The number of piperazine rings is 1. The zero-order valence-electron chi connectivity index (χ0n) is 15.0. The lowest BCUT2D eigenvalue weighted by Crippen LogP contribution is -3.18. The van der Waals surface area contributed by atoms with E-state index in [1.54, 1.807) is 0 Å². The van der Waals surface area contributed by atoms with Crippen LogP contribution >= 0.6 is 0 Å². The maximum atomic E-state index is 12.4. The first-order chi connectivity index (χ1) is 11.8. The van der Waals surface area contributed by atoms with Crippen LogP contribution in [0.1, 0.15) is 17.5 Å². The van der Waals surface area contributed by atoms with Gasteiger partial charge in [-0.25, -0.2) is 8.42 Å². The van der Waals surface area contributed by atoms with Crippen LogP contribution in [0.3, 0.4) is 0 Å². The van der Waals surface area contributed by atoms with Crippen LogP contribution in [0, 0.1) is 13.8 Å². The molecule has 0 bridgehead atoms. The zero-order valence-corrected chi connectivity index (χ0v) is 15.8. The molecule has 0 unspecified atom stereocenters. The molecule has 1 aromatic carbocycles. The highest BCUT2D eigenvalue weighted by Crippen LogP contribution is 2.16. The summed E-state index contributed by atoms with van der Waals surface area (Å²) in [5, 5.41) is 0. The maximum Gasteiger partial charge on any atom is 0.260 e. The van der Waals surface area contributed by atoms with Crippen LogP contribution in [0.25, 0.3) is 0 Å². The number of amides is 1. The summed E-state index contributed by atoms with van der Waals surface area (Å²) >= 11 is 0. The number of hydrogen-bond donors (Lipinski definition) is 1. The second kappa shape index (κ2) is 7.33. The van der Waals surface area contributed by atoms with Gasteiger partial charge < -0.3 is 14.5 Å². The Morgan fingerprint density at radius 1 is 1.20 bits per heavy atom. The second-order valence-corrected chi connectivity index (χ2v) is 9.48. The lowest BCUT2D eigenvalue weighted by Gasteiger charge is -2.34. The molecule has 0 aliphatic carbocycles. The molecule has 7 heteroatoms. The van der Waals surface area contributed by atoms with Crippen LogP contribution in [-0.2, 0) is 14.6 Å². The van der Waals surface area contributed by atoms with Crippen molar-refractivity contribution in [2.24, 2.45) is 0 Å². The van der Waals surface area contributed by atoms with E-state index in [0.29, 0.717) is 24.6 Å². The first-order valence-corrected chi connectivity index (χ1v) is 10.7. The van der Waals surface area contributed by atoms with Gasteiger partial charge in [-0.3, -0.25) is 4.79 Å². The van der Waals surface area contributed by atoms with Crippen molar-refractivity contribution in [2.75, 3.05) is 44.3 Å². The predicted octanol–water partition coefficient (Wildman–Crippen LogP) is -0.404. The second-order valence-electron chi connectivity index (χ2n) is 7.25. The molecule has 1 N–H and O–H groups in total. The van der Waals surface area contributed by atoms with Gasteiger partial charge in [0.25, 0.3) is 5.91 Å². The predicted molar refractivity (Wildman–Crippen MR) is 95.7 cm³/mol. The molecule has 1 amide bonds. The Balaban J connectivity index is 1.47. The topological polar surface area (TPSA) is 68.1 Å². The highest BCUT2D eigenvalue weighted by atomic mass is 32.2. The minimum Gasteiger partial charge on any atom is -0.484 e. The summed E-state index contributed by atoms with van der Waals surface area (Å²) in [7, 11) is -2.84. The van der Waals surface area contributed by atoms with Crippen LogP contribution in [0.2, 0.25) is 0 Å². The Bertz CT molecular complexity index is 719. The minimum absolute atomic E-state index is 0.00254. The van der Waals surface area contributed by atoms with Gasteiger partial charge in [0.05, 0.1) is 31.9 Å². The van der Waals surface area contributed by atoms with E-state index in [1.807, 2.05) is 30.9 Å². The van der Waals surface area contributed by atoms with Gasteiger partial charge in [-0.2, -0.15) is 0 Å². The van der Waals surface area contributed by atoms with Crippen LogP contribution in [0.4, 0.5) is 0 Å².